The third-order valence-corrected chi connectivity index (χ3v) is 2.52. The van der Waals surface area contributed by atoms with E-state index in [0.29, 0.717) is 13.1 Å². The van der Waals surface area contributed by atoms with Crippen LogP contribution in [0.25, 0.3) is 0 Å². The minimum absolute atomic E-state index is 0.238. The van der Waals surface area contributed by atoms with Gasteiger partial charge in [0.2, 0.25) is 5.91 Å². The van der Waals surface area contributed by atoms with Crippen LogP contribution in [0, 0.1) is 0 Å². The van der Waals surface area contributed by atoms with E-state index < -0.39 is 0 Å². The molecule has 0 radical (unpaired) electrons. The summed E-state index contributed by atoms with van der Waals surface area (Å²) in [6, 6.07) is -0.238. The smallest absolute Gasteiger partial charge is 0.234 e. The molecule has 0 aromatic carbocycles. The number of rotatable bonds is 12. The highest BCUT2D eigenvalue weighted by Gasteiger charge is 2.12. The molecule has 0 saturated heterocycles. The van der Waals surface area contributed by atoms with Crippen molar-refractivity contribution in [3.63, 3.8) is 0 Å². The summed E-state index contributed by atoms with van der Waals surface area (Å²) in [5.41, 5.74) is 16.1. The average Bonchev–Trinajstić information content (AvgIpc) is 2.31. The maximum absolute atomic E-state index is 11.2. The first-order valence-corrected chi connectivity index (χ1v) is 6.36. The summed E-state index contributed by atoms with van der Waals surface area (Å²) in [6.07, 6.45) is 3.52. The Hall–Kier alpha value is -0.690. The van der Waals surface area contributed by atoms with Gasteiger partial charge in [0.15, 0.2) is 0 Å². The van der Waals surface area contributed by atoms with Gasteiger partial charge in [0.25, 0.3) is 0 Å². The Morgan fingerprint density at radius 1 is 1.00 bits per heavy atom. The molecule has 0 saturated carbocycles. The highest BCUT2D eigenvalue weighted by Crippen LogP contribution is 1.96. The molecule has 6 heteroatoms. The van der Waals surface area contributed by atoms with Gasteiger partial charge in [0, 0.05) is 0 Å². The zero-order valence-electron chi connectivity index (χ0n) is 10.6. The lowest BCUT2D eigenvalue weighted by Crippen LogP contribution is -2.42. The summed E-state index contributed by atoms with van der Waals surface area (Å²) in [5, 5.41) is 6.39. The van der Waals surface area contributed by atoms with Crippen LogP contribution in [0.5, 0.6) is 0 Å². The molecule has 0 bridgehead atoms. The lowest BCUT2D eigenvalue weighted by molar-refractivity contribution is -0.120. The van der Waals surface area contributed by atoms with Crippen molar-refractivity contribution in [2.75, 3.05) is 32.7 Å². The first-order valence-electron chi connectivity index (χ1n) is 6.36. The van der Waals surface area contributed by atoms with Gasteiger partial charge in [-0.15, -0.1) is 0 Å². The quantitative estimate of drug-likeness (QED) is 0.268. The van der Waals surface area contributed by atoms with Crippen molar-refractivity contribution in [1.29, 1.82) is 0 Å². The molecular weight excluding hydrogens is 218 g/mol. The summed E-state index contributed by atoms with van der Waals surface area (Å²) in [4.78, 5) is 11.2. The van der Waals surface area contributed by atoms with E-state index >= 15 is 0 Å². The molecule has 0 heterocycles. The van der Waals surface area contributed by atoms with Gasteiger partial charge in [0.1, 0.15) is 0 Å². The van der Waals surface area contributed by atoms with Crippen LogP contribution < -0.4 is 27.8 Å². The Morgan fingerprint density at radius 2 is 1.59 bits per heavy atom. The molecule has 0 fully saturated rings. The third kappa shape index (κ3) is 10.2. The van der Waals surface area contributed by atoms with Crippen LogP contribution in [0.15, 0.2) is 0 Å². The van der Waals surface area contributed by atoms with Crippen LogP contribution in [0.1, 0.15) is 25.7 Å². The number of carbonyl (C=O) groups is 1. The van der Waals surface area contributed by atoms with Gasteiger partial charge in [-0.1, -0.05) is 0 Å². The summed E-state index contributed by atoms with van der Waals surface area (Å²) in [5.74, 6) is -0.288. The molecule has 0 aliphatic heterocycles. The number of hydrogen-bond donors (Lipinski definition) is 5. The molecule has 1 atom stereocenters. The molecule has 102 valence electrons. The first-order chi connectivity index (χ1) is 8.22. The van der Waals surface area contributed by atoms with Crippen LogP contribution >= 0.6 is 0 Å². The Morgan fingerprint density at radius 3 is 2.18 bits per heavy atom. The summed E-state index contributed by atoms with van der Waals surface area (Å²) in [6.45, 7) is 3.89. The molecule has 0 rings (SSSR count). The van der Waals surface area contributed by atoms with E-state index in [1.54, 1.807) is 0 Å². The van der Waals surface area contributed by atoms with E-state index in [2.05, 4.69) is 10.6 Å². The number of nitrogens with two attached hydrogens (primary N) is 3. The number of nitrogens with one attached hydrogen (secondary N) is 2. The molecule has 0 spiro atoms. The number of hydrogen-bond acceptors (Lipinski definition) is 5. The molecule has 1 amide bonds. The summed E-state index contributed by atoms with van der Waals surface area (Å²) < 4.78 is 0. The Kier molecular flexibility index (Phi) is 11.3. The second-order valence-corrected chi connectivity index (χ2v) is 4.09. The van der Waals surface area contributed by atoms with Crippen molar-refractivity contribution in [2.24, 2.45) is 17.2 Å². The average molecular weight is 245 g/mol. The van der Waals surface area contributed by atoms with Crippen molar-refractivity contribution in [1.82, 2.24) is 10.6 Å². The summed E-state index contributed by atoms with van der Waals surface area (Å²) in [7, 11) is 0. The van der Waals surface area contributed by atoms with Crippen LogP contribution in [-0.2, 0) is 4.79 Å². The largest absolute Gasteiger partial charge is 0.368 e. The van der Waals surface area contributed by atoms with E-state index in [0.717, 1.165) is 45.3 Å². The number of primary amides is 1. The van der Waals surface area contributed by atoms with Gasteiger partial charge in [0.05, 0.1) is 6.04 Å². The zero-order valence-corrected chi connectivity index (χ0v) is 10.6. The second kappa shape index (κ2) is 11.8. The molecule has 0 aliphatic rings. The number of carbonyl (C=O) groups excluding carboxylic acids is 1. The van der Waals surface area contributed by atoms with Crippen molar-refractivity contribution in [3.8, 4) is 0 Å². The van der Waals surface area contributed by atoms with Gasteiger partial charge >= 0.3 is 0 Å². The Balaban J connectivity index is 3.52. The van der Waals surface area contributed by atoms with Gasteiger partial charge in [-0.05, 0) is 58.4 Å². The topological polar surface area (TPSA) is 119 Å². The van der Waals surface area contributed by atoms with E-state index in [1.165, 1.54) is 0 Å². The molecule has 17 heavy (non-hydrogen) atoms. The molecule has 0 aromatic rings. The minimum atomic E-state index is -0.288. The fraction of sp³-hybridized carbons (Fsp3) is 0.909. The van der Waals surface area contributed by atoms with Gasteiger partial charge in [-0.25, -0.2) is 0 Å². The molecule has 1 unspecified atom stereocenters. The molecular formula is C11H27N5O. The lowest BCUT2D eigenvalue weighted by atomic mass is 10.1. The van der Waals surface area contributed by atoms with Gasteiger partial charge in [-0.3, -0.25) is 4.79 Å². The van der Waals surface area contributed by atoms with Crippen LogP contribution in [0.3, 0.4) is 0 Å². The van der Waals surface area contributed by atoms with E-state index in [9.17, 15) is 4.79 Å². The number of amides is 1. The van der Waals surface area contributed by atoms with E-state index in [4.69, 9.17) is 17.2 Å². The fourth-order valence-electron chi connectivity index (χ4n) is 1.51. The SMILES string of the molecule is NCCCNCCCC(NCCCN)C(N)=O. The monoisotopic (exact) mass is 245 g/mol. The third-order valence-electron chi connectivity index (χ3n) is 2.52. The van der Waals surface area contributed by atoms with Crippen molar-refractivity contribution in [3.05, 3.63) is 0 Å². The van der Waals surface area contributed by atoms with E-state index in [1.807, 2.05) is 0 Å². The molecule has 0 aliphatic carbocycles. The van der Waals surface area contributed by atoms with Crippen molar-refractivity contribution in [2.45, 2.75) is 31.7 Å². The maximum Gasteiger partial charge on any atom is 0.234 e. The van der Waals surface area contributed by atoms with Crippen molar-refractivity contribution < 1.29 is 4.79 Å². The maximum atomic E-state index is 11.2. The Bertz CT molecular complexity index is 189. The predicted molar refractivity (Wildman–Crippen MR) is 70.4 cm³/mol. The molecule has 0 aromatic heterocycles. The summed E-state index contributed by atoms with van der Waals surface area (Å²) >= 11 is 0. The van der Waals surface area contributed by atoms with Crippen LogP contribution in [-0.4, -0.2) is 44.7 Å². The fourth-order valence-corrected chi connectivity index (χ4v) is 1.51. The van der Waals surface area contributed by atoms with Crippen molar-refractivity contribution >= 4 is 5.91 Å². The van der Waals surface area contributed by atoms with Crippen LogP contribution in [0.2, 0.25) is 0 Å². The highest BCUT2D eigenvalue weighted by molar-refractivity contribution is 5.79. The second-order valence-electron chi connectivity index (χ2n) is 4.09. The molecule has 6 nitrogen and oxygen atoms in total. The first kappa shape index (κ1) is 16.3. The lowest BCUT2D eigenvalue weighted by Gasteiger charge is -2.15. The zero-order chi connectivity index (χ0) is 12.9. The standard InChI is InChI=1S/C11H27N5O/c12-5-2-8-15-7-1-4-10(11(14)17)16-9-3-6-13/h10,15-16H,1-9,12-13H2,(H2,14,17). The predicted octanol–water partition coefficient (Wildman–Crippen LogP) is -1.50. The minimum Gasteiger partial charge on any atom is -0.368 e. The highest BCUT2D eigenvalue weighted by atomic mass is 16.1. The molecule has 8 N–H and O–H groups in total. The normalized spacial score (nSPS) is 12.6. The Labute approximate surface area is 104 Å². The van der Waals surface area contributed by atoms with Gasteiger partial charge < -0.3 is 27.8 Å². The van der Waals surface area contributed by atoms with Crippen LogP contribution in [0.4, 0.5) is 0 Å². The van der Waals surface area contributed by atoms with Gasteiger partial charge in [-0.2, -0.15) is 0 Å². The van der Waals surface area contributed by atoms with E-state index in [-0.39, 0.29) is 11.9 Å².